The number of hydrogen-bond acceptors (Lipinski definition) is 4. The average Bonchev–Trinajstić information content (AvgIpc) is 2.57. The lowest BCUT2D eigenvalue weighted by atomic mass is 10.3. The summed E-state index contributed by atoms with van der Waals surface area (Å²) >= 11 is 1.71. The largest absolute Gasteiger partial charge is 0.383 e. The van der Waals surface area contributed by atoms with Crippen LogP contribution in [0.1, 0.15) is 11.9 Å². The molecule has 1 N–H and O–H groups in total. The van der Waals surface area contributed by atoms with Crippen molar-refractivity contribution in [2.45, 2.75) is 19.4 Å². The van der Waals surface area contributed by atoms with Crippen LogP contribution in [0.5, 0.6) is 0 Å². The Labute approximate surface area is 83.1 Å². The van der Waals surface area contributed by atoms with Gasteiger partial charge in [0, 0.05) is 37.7 Å². The molecule has 0 bridgehead atoms. The van der Waals surface area contributed by atoms with E-state index in [9.17, 15) is 0 Å². The molecule has 0 aliphatic heterocycles. The van der Waals surface area contributed by atoms with Gasteiger partial charge < -0.3 is 10.1 Å². The molecule has 1 aromatic rings. The molecule has 1 atom stereocenters. The lowest BCUT2D eigenvalue weighted by Gasteiger charge is -2.11. The Kier molecular flexibility index (Phi) is 4.97. The Morgan fingerprint density at radius 1 is 1.69 bits per heavy atom. The van der Waals surface area contributed by atoms with Crippen LogP contribution < -0.4 is 5.32 Å². The third-order valence-electron chi connectivity index (χ3n) is 1.73. The minimum Gasteiger partial charge on any atom is -0.383 e. The summed E-state index contributed by atoms with van der Waals surface area (Å²) < 4.78 is 5.02. The highest BCUT2D eigenvalue weighted by Crippen LogP contribution is 2.03. The Bertz CT molecular complexity index is 213. The number of methoxy groups -OCH3 is 1. The van der Waals surface area contributed by atoms with Crippen molar-refractivity contribution in [3.63, 3.8) is 0 Å². The molecule has 0 fully saturated rings. The molecule has 0 radical (unpaired) electrons. The molecule has 1 heterocycles. The molecule has 0 aliphatic carbocycles. The maximum absolute atomic E-state index is 5.02. The van der Waals surface area contributed by atoms with Crippen LogP contribution in [0, 0.1) is 0 Å². The van der Waals surface area contributed by atoms with E-state index in [1.165, 1.54) is 5.01 Å². The van der Waals surface area contributed by atoms with Crippen LogP contribution in [-0.2, 0) is 11.2 Å². The van der Waals surface area contributed by atoms with Crippen molar-refractivity contribution in [2.24, 2.45) is 0 Å². The molecule has 4 heteroatoms. The minimum atomic E-state index is 0.421. The molecule has 0 saturated heterocycles. The van der Waals surface area contributed by atoms with E-state index < -0.39 is 0 Å². The van der Waals surface area contributed by atoms with Crippen LogP contribution in [-0.4, -0.2) is 31.3 Å². The minimum absolute atomic E-state index is 0.421. The summed E-state index contributed by atoms with van der Waals surface area (Å²) in [6, 6.07) is 0.421. The zero-order chi connectivity index (χ0) is 9.52. The van der Waals surface area contributed by atoms with E-state index in [4.69, 9.17) is 4.74 Å². The van der Waals surface area contributed by atoms with Gasteiger partial charge in [0.2, 0.25) is 0 Å². The van der Waals surface area contributed by atoms with Crippen LogP contribution in [0.2, 0.25) is 0 Å². The van der Waals surface area contributed by atoms with Gasteiger partial charge in [0.15, 0.2) is 0 Å². The van der Waals surface area contributed by atoms with Gasteiger partial charge in [0.25, 0.3) is 0 Å². The highest BCUT2D eigenvalue weighted by Gasteiger charge is 2.00. The van der Waals surface area contributed by atoms with E-state index in [0.717, 1.165) is 19.6 Å². The summed E-state index contributed by atoms with van der Waals surface area (Å²) in [4.78, 5) is 4.21. The van der Waals surface area contributed by atoms with Crippen molar-refractivity contribution >= 4 is 11.3 Å². The molecule has 3 nitrogen and oxygen atoms in total. The number of aromatic nitrogens is 1. The van der Waals surface area contributed by atoms with E-state index >= 15 is 0 Å². The first-order chi connectivity index (χ1) is 6.33. The van der Waals surface area contributed by atoms with E-state index in [0.29, 0.717) is 6.04 Å². The van der Waals surface area contributed by atoms with Gasteiger partial charge in [-0.3, -0.25) is 0 Å². The van der Waals surface area contributed by atoms with Crippen LogP contribution in [0.4, 0.5) is 0 Å². The van der Waals surface area contributed by atoms with Gasteiger partial charge in [0.1, 0.15) is 0 Å². The molecular formula is C9H16N2OS. The van der Waals surface area contributed by atoms with Crippen LogP contribution in [0.25, 0.3) is 0 Å². The number of nitrogens with zero attached hydrogens (tertiary/aromatic N) is 1. The highest BCUT2D eigenvalue weighted by atomic mass is 32.1. The standard InChI is InChI=1S/C9H16N2OS/c1-8(7-12-2)10-4-3-9-11-5-6-13-9/h5-6,8,10H,3-4,7H2,1-2H3. The van der Waals surface area contributed by atoms with Crippen LogP contribution in [0.15, 0.2) is 11.6 Å². The summed E-state index contributed by atoms with van der Waals surface area (Å²) in [5, 5.41) is 6.56. The Morgan fingerprint density at radius 2 is 2.54 bits per heavy atom. The molecule has 0 aliphatic rings. The van der Waals surface area contributed by atoms with Crippen molar-refractivity contribution in [3.05, 3.63) is 16.6 Å². The Balaban J connectivity index is 2.07. The third-order valence-corrected chi connectivity index (χ3v) is 2.57. The van der Waals surface area contributed by atoms with Crippen LogP contribution >= 0.6 is 11.3 Å². The van der Waals surface area contributed by atoms with Gasteiger partial charge in [0.05, 0.1) is 11.6 Å². The summed E-state index contributed by atoms with van der Waals surface area (Å²) in [6.07, 6.45) is 2.85. The second-order valence-corrected chi connectivity index (χ2v) is 3.97. The van der Waals surface area contributed by atoms with Crippen molar-refractivity contribution in [1.29, 1.82) is 0 Å². The predicted molar refractivity (Wildman–Crippen MR) is 55.2 cm³/mol. The molecular weight excluding hydrogens is 184 g/mol. The van der Waals surface area contributed by atoms with E-state index in [-0.39, 0.29) is 0 Å². The van der Waals surface area contributed by atoms with Gasteiger partial charge in [-0.2, -0.15) is 0 Å². The molecule has 0 spiro atoms. The Hall–Kier alpha value is -0.450. The molecule has 0 saturated carbocycles. The van der Waals surface area contributed by atoms with E-state index in [1.807, 2.05) is 11.6 Å². The second kappa shape index (κ2) is 6.07. The van der Waals surface area contributed by atoms with Gasteiger partial charge in [-0.05, 0) is 6.92 Å². The van der Waals surface area contributed by atoms with Gasteiger partial charge >= 0.3 is 0 Å². The number of rotatable bonds is 6. The highest BCUT2D eigenvalue weighted by molar-refractivity contribution is 7.09. The molecule has 13 heavy (non-hydrogen) atoms. The zero-order valence-corrected chi connectivity index (χ0v) is 8.93. The van der Waals surface area contributed by atoms with Crippen LogP contribution in [0.3, 0.4) is 0 Å². The Morgan fingerprint density at radius 3 is 3.15 bits per heavy atom. The predicted octanol–water partition coefficient (Wildman–Crippen LogP) is 1.31. The van der Waals surface area contributed by atoms with Gasteiger partial charge in [-0.25, -0.2) is 4.98 Å². The summed E-state index contributed by atoms with van der Waals surface area (Å²) in [5.41, 5.74) is 0. The van der Waals surface area contributed by atoms with Crippen molar-refractivity contribution in [2.75, 3.05) is 20.3 Å². The fraction of sp³-hybridized carbons (Fsp3) is 0.667. The monoisotopic (exact) mass is 200 g/mol. The van der Waals surface area contributed by atoms with E-state index in [2.05, 4.69) is 17.2 Å². The maximum Gasteiger partial charge on any atom is 0.0937 e. The molecule has 74 valence electrons. The molecule has 1 rings (SSSR count). The maximum atomic E-state index is 5.02. The lowest BCUT2D eigenvalue weighted by molar-refractivity contribution is 0.172. The lowest BCUT2D eigenvalue weighted by Crippen LogP contribution is -2.31. The number of thiazole rings is 1. The topological polar surface area (TPSA) is 34.1 Å². The molecule has 1 aromatic heterocycles. The van der Waals surface area contributed by atoms with Crippen molar-refractivity contribution in [3.8, 4) is 0 Å². The summed E-state index contributed by atoms with van der Waals surface area (Å²) in [5.74, 6) is 0. The fourth-order valence-electron chi connectivity index (χ4n) is 1.11. The molecule has 0 aromatic carbocycles. The number of nitrogens with one attached hydrogen (secondary N) is 1. The first-order valence-corrected chi connectivity index (χ1v) is 5.31. The number of ether oxygens (including phenoxy) is 1. The fourth-order valence-corrected chi connectivity index (χ4v) is 1.73. The SMILES string of the molecule is COCC(C)NCCc1nccs1. The third kappa shape index (κ3) is 4.36. The first kappa shape index (κ1) is 10.6. The molecule has 0 amide bonds. The average molecular weight is 200 g/mol. The normalized spacial score (nSPS) is 13.1. The second-order valence-electron chi connectivity index (χ2n) is 2.99. The summed E-state index contributed by atoms with van der Waals surface area (Å²) in [6.45, 7) is 3.85. The van der Waals surface area contributed by atoms with Gasteiger partial charge in [-0.15, -0.1) is 11.3 Å². The number of hydrogen-bond donors (Lipinski definition) is 1. The first-order valence-electron chi connectivity index (χ1n) is 4.43. The zero-order valence-electron chi connectivity index (χ0n) is 8.12. The smallest absolute Gasteiger partial charge is 0.0937 e. The van der Waals surface area contributed by atoms with Crippen molar-refractivity contribution < 1.29 is 4.74 Å². The van der Waals surface area contributed by atoms with Gasteiger partial charge in [-0.1, -0.05) is 0 Å². The summed E-state index contributed by atoms with van der Waals surface area (Å²) in [7, 11) is 1.72. The van der Waals surface area contributed by atoms with Crippen molar-refractivity contribution in [1.82, 2.24) is 10.3 Å². The molecule has 1 unspecified atom stereocenters. The quantitative estimate of drug-likeness (QED) is 0.752. The van der Waals surface area contributed by atoms with E-state index in [1.54, 1.807) is 18.4 Å².